The monoisotopic (exact) mass is 318 g/mol. The van der Waals surface area contributed by atoms with E-state index in [-0.39, 0.29) is 5.91 Å². The van der Waals surface area contributed by atoms with Gasteiger partial charge < -0.3 is 0 Å². The Morgan fingerprint density at radius 2 is 2.19 bits per heavy atom. The summed E-state index contributed by atoms with van der Waals surface area (Å²) in [4.78, 5) is 19.5. The first kappa shape index (κ1) is 14.6. The van der Waals surface area contributed by atoms with Gasteiger partial charge in [-0.1, -0.05) is 18.2 Å². The molecule has 0 N–H and O–H groups in total. The van der Waals surface area contributed by atoms with Gasteiger partial charge in [0.05, 0.1) is 5.69 Å². The van der Waals surface area contributed by atoms with E-state index in [0.29, 0.717) is 6.04 Å². The summed E-state index contributed by atoms with van der Waals surface area (Å²) in [5, 5.41) is 2.92. The van der Waals surface area contributed by atoms with Crippen LogP contribution in [-0.2, 0) is 10.5 Å². The summed E-state index contributed by atoms with van der Waals surface area (Å²) in [5.41, 5.74) is 2.34. The van der Waals surface area contributed by atoms with Gasteiger partial charge in [0, 0.05) is 29.0 Å². The van der Waals surface area contributed by atoms with E-state index >= 15 is 0 Å². The maximum Gasteiger partial charge on any atom is 0.225 e. The van der Waals surface area contributed by atoms with Crippen molar-refractivity contribution in [2.24, 2.45) is 0 Å². The molecule has 1 fully saturated rings. The van der Waals surface area contributed by atoms with Gasteiger partial charge in [0.25, 0.3) is 0 Å². The first-order chi connectivity index (χ1) is 10.1. The second-order valence-corrected chi connectivity index (χ2v) is 7.15. The van der Waals surface area contributed by atoms with Gasteiger partial charge in [-0.05, 0) is 31.4 Å². The lowest BCUT2D eigenvalue weighted by molar-refractivity contribution is -0.116. The number of hydrogen-bond acceptors (Lipinski definition) is 4. The first-order valence-corrected chi connectivity index (χ1v) is 8.94. The Labute approximate surface area is 133 Å². The quantitative estimate of drug-likeness (QED) is 0.772. The summed E-state index contributed by atoms with van der Waals surface area (Å²) in [6.45, 7) is 3.75. The van der Waals surface area contributed by atoms with Gasteiger partial charge in [-0.25, -0.2) is 4.98 Å². The molecule has 1 aromatic heterocycles. The number of benzene rings is 1. The van der Waals surface area contributed by atoms with Crippen molar-refractivity contribution in [1.82, 2.24) is 4.98 Å². The number of nitrogens with zero attached hydrogens (tertiary/aromatic N) is 2. The SMILES string of the molecule is CC(=O)N(c1nc(CSc2ccccc2C)cs1)C1CC1. The largest absolute Gasteiger partial charge is 0.285 e. The summed E-state index contributed by atoms with van der Waals surface area (Å²) < 4.78 is 0. The number of thiazole rings is 1. The highest BCUT2D eigenvalue weighted by Gasteiger charge is 2.33. The number of aryl methyl sites for hydroxylation is 1. The normalized spacial score (nSPS) is 14.2. The Kier molecular flexibility index (Phi) is 4.31. The number of carbonyl (C=O) groups is 1. The molecular formula is C16H18N2OS2. The van der Waals surface area contributed by atoms with E-state index in [2.05, 4.69) is 41.6 Å². The average Bonchev–Trinajstić information content (AvgIpc) is 3.16. The third kappa shape index (κ3) is 3.47. The predicted octanol–water partition coefficient (Wildman–Crippen LogP) is 4.26. The zero-order chi connectivity index (χ0) is 14.8. The maximum atomic E-state index is 11.7. The minimum atomic E-state index is 0.102. The van der Waals surface area contributed by atoms with Gasteiger partial charge in [0.15, 0.2) is 5.13 Å². The highest BCUT2D eigenvalue weighted by Crippen LogP contribution is 2.34. The van der Waals surface area contributed by atoms with Crippen LogP contribution in [0.4, 0.5) is 5.13 Å². The van der Waals surface area contributed by atoms with Crippen LogP contribution < -0.4 is 4.90 Å². The van der Waals surface area contributed by atoms with Crippen LogP contribution in [0.3, 0.4) is 0 Å². The molecule has 1 saturated carbocycles. The predicted molar refractivity (Wildman–Crippen MR) is 89.0 cm³/mol. The van der Waals surface area contributed by atoms with Crippen molar-refractivity contribution in [2.75, 3.05) is 4.90 Å². The second kappa shape index (κ2) is 6.20. The Morgan fingerprint density at radius 1 is 1.43 bits per heavy atom. The molecule has 110 valence electrons. The molecule has 3 nitrogen and oxygen atoms in total. The lowest BCUT2D eigenvalue weighted by atomic mass is 10.2. The number of rotatable bonds is 5. The Hall–Kier alpha value is -1.33. The van der Waals surface area contributed by atoms with E-state index in [1.54, 1.807) is 30.0 Å². The van der Waals surface area contributed by atoms with E-state index in [4.69, 9.17) is 0 Å². The van der Waals surface area contributed by atoms with Gasteiger partial charge in [0.1, 0.15) is 0 Å². The molecule has 1 heterocycles. The molecule has 3 rings (SSSR count). The maximum absolute atomic E-state index is 11.7. The summed E-state index contributed by atoms with van der Waals surface area (Å²) in [6, 6.07) is 8.76. The minimum absolute atomic E-state index is 0.102. The Morgan fingerprint density at radius 3 is 2.86 bits per heavy atom. The average molecular weight is 318 g/mol. The van der Waals surface area contributed by atoms with E-state index in [9.17, 15) is 4.79 Å². The van der Waals surface area contributed by atoms with Crippen LogP contribution in [0.5, 0.6) is 0 Å². The van der Waals surface area contributed by atoms with Crippen LogP contribution in [0.2, 0.25) is 0 Å². The third-order valence-electron chi connectivity index (χ3n) is 3.47. The van der Waals surface area contributed by atoms with E-state index in [0.717, 1.165) is 29.4 Å². The van der Waals surface area contributed by atoms with Gasteiger partial charge in [-0.2, -0.15) is 0 Å². The van der Waals surface area contributed by atoms with E-state index in [1.165, 1.54) is 10.5 Å². The molecule has 2 aromatic rings. The number of anilines is 1. The van der Waals surface area contributed by atoms with Gasteiger partial charge in [-0.3, -0.25) is 9.69 Å². The van der Waals surface area contributed by atoms with Crippen LogP contribution in [0.25, 0.3) is 0 Å². The number of hydrogen-bond donors (Lipinski definition) is 0. The molecule has 1 aliphatic rings. The molecule has 21 heavy (non-hydrogen) atoms. The molecule has 0 radical (unpaired) electrons. The minimum Gasteiger partial charge on any atom is -0.285 e. The van der Waals surface area contributed by atoms with Crippen molar-refractivity contribution < 1.29 is 4.79 Å². The van der Waals surface area contributed by atoms with Gasteiger partial charge >= 0.3 is 0 Å². The lowest BCUT2D eigenvalue weighted by Crippen LogP contribution is -2.30. The van der Waals surface area contributed by atoms with Crippen molar-refractivity contribution >= 4 is 34.1 Å². The van der Waals surface area contributed by atoms with Crippen LogP contribution >= 0.6 is 23.1 Å². The van der Waals surface area contributed by atoms with Gasteiger partial charge in [0.2, 0.25) is 5.91 Å². The van der Waals surface area contributed by atoms with Crippen molar-refractivity contribution in [3.63, 3.8) is 0 Å². The zero-order valence-electron chi connectivity index (χ0n) is 12.2. The van der Waals surface area contributed by atoms with Crippen molar-refractivity contribution in [1.29, 1.82) is 0 Å². The summed E-state index contributed by atoms with van der Waals surface area (Å²) in [6.07, 6.45) is 2.21. The van der Waals surface area contributed by atoms with E-state index in [1.807, 2.05) is 4.90 Å². The number of carbonyl (C=O) groups excluding carboxylic acids is 1. The highest BCUT2D eigenvalue weighted by molar-refractivity contribution is 7.98. The molecule has 0 spiro atoms. The third-order valence-corrected chi connectivity index (χ3v) is 5.56. The molecule has 0 atom stereocenters. The Balaban J connectivity index is 1.68. The van der Waals surface area contributed by atoms with Crippen molar-refractivity contribution in [3.05, 3.63) is 40.9 Å². The number of amides is 1. The smallest absolute Gasteiger partial charge is 0.225 e. The molecular weight excluding hydrogens is 300 g/mol. The second-order valence-electron chi connectivity index (χ2n) is 5.30. The van der Waals surface area contributed by atoms with E-state index < -0.39 is 0 Å². The van der Waals surface area contributed by atoms with Crippen LogP contribution in [0.1, 0.15) is 31.0 Å². The lowest BCUT2D eigenvalue weighted by Gasteiger charge is -2.16. The first-order valence-electron chi connectivity index (χ1n) is 7.08. The van der Waals surface area contributed by atoms with Gasteiger partial charge in [-0.15, -0.1) is 23.1 Å². The highest BCUT2D eigenvalue weighted by atomic mass is 32.2. The number of thioether (sulfide) groups is 1. The summed E-state index contributed by atoms with van der Waals surface area (Å²) in [5.74, 6) is 0.947. The molecule has 1 aliphatic carbocycles. The standard InChI is InChI=1S/C16H18N2OS2/c1-11-5-3-4-6-15(11)20-9-13-10-21-16(17-13)18(12(2)19)14-7-8-14/h3-6,10,14H,7-9H2,1-2H3. The van der Waals surface area contributed by atoms with Crippen LogP contribution in [0.15, 0.2) is 34.5 Å². The molecule has 0 aliphatic heterocycles. The fourth-order valence-corrected chi connectivity index (χ4v) is 4.19. The van der Waals surface area contributed by atoms with Crippen molar-refractivity contribution in [3.8, 4) is 0 Å². The fraction of sp³-hybridized carbons (Fsp3) is 0.375. The Bertz CT molecular complexity index is 649. The van der Waals surface area contributed by atoms with Crippen LogP contribution in [0, 0.1) is 6.92 Å². The molecule has 0 saturated heterocycles. The topological polar surface area (TPSA) is 33.2 Å². The molecule has 5 heteroatoms. The number of aromatic nitrogens is 1. The zero-order valence-corrected chi connectivity index (χ0v) is 13.8. The van der Waals surface area contributed by atoms with Crippen LogP contribution in [-0.4, -0.2) is 16.9 Å². The molecule has 0 unspecified atom stereocenters. The summed E-state index contributed by atoms with van der Waals surface area (Å²) >= 11 is 3.37. The molecule has 0 bridgehead atoms. The summed E-state index contributed by atoms with van der Waals surface area (Å²) in [7, 11) is 0. The fourth-order valence-electron chi connectivity index (χ4n) is 2.22. The molecule has 1 aromatic carbocycles. The van der Waals surface area contributed by atoms with Crippen molar-refractivity contribution in [2.45, 2.75) is 43.4 Å². The molecule has 1 amide bonds.